The van der Waals surface area contributed by atoms with Crippen LogP contribution in [-0.4, -0.2) is 26.4 Å². The van der Waals surface area contributed by atoms with Crippen LogP contribution in [0.15, 0.2) is 22.7 Å². The van der Waals surface area contributed by atoms with E-state index in [9.17, 15) is 4.39 Å². The first kappa shape index (κ1) is 14.7. The van der Waals surface area contributed by atoms with Gasteiger partial charge in [0.1, 0.15) is 5.82 Å². The van der Waals surface area contributed by atoms with Gasteiger partial charge in [0, 0.05) is 21.9 Å². The normalized spacial score (nSPS) is 26.0. The molecule has 4 nitrogen and oxygen atoms in total. The highest BCUT2D eigenvalue weighted by molar-refractivity contribution is 8.07. The summed E-state index contributed by atoms with van der Waals surface area (Å²) < 4.78 is 18.6. The van der Waals surface area contributed by atoms with Crippen LogP contribution in [-0.2, 0) is 0 Å². The van der Waals surface area contributed by atoms with Gasteiger partial charge in [0.25, 0.3) is 5.89 Å². The molecule has 2 aromatic rings. The van der Waals surface area contributed by atoms with Gasteiger partial charge in [-0.1, -0.05) is 19.0 Å². The number of anilines is 1. The van der Waals surface area contributed by atoms with Crippen molar-refractivity contribution in [1.29, 1.82) is 0 Å². The van der Waals surface area contributed by atoms with Gasteiger partial charge >= 0.3 is 0 Å². The molecular formula is C14H16FN3OS2. The van der Waals surface area contributed by atoms with Crippen LogP contribution in [0.25, 0.3) is 11.5 Å². The van der Waals surface area contributed by atoms with Crippen molar-refractivity contribution in [3.05, 3.63) is 29.8 Å². The Bertz CT molecular complexity index is 649. The van der Waals surface area contributed by atoms with Crippen LogP contribution in [0.5, 0.6) is 0 Å². The fraction of sp³-hybridized carbons (Fsp3) is 0.429. The molecule has 1 fully saturated rings. The van der Waals surface area contributed by atoms with E-state index in [2.05, 4.69) is 24.0 Å². The van der Waals surface area contributed by atoms with Crippen molar-refractivity contribution in [2.75, 3.05) is 11.5 Å². The predicted molar refractivity (Wildman–Crippen MR) is 85.8 cm³/mol. The lowest BCUT2D eigenvalue weighted by molar-refractivity contribution is 0.423. The lowest BCUT2D eigenvalue weighted by Crippen LogP contribution is -2.22. The van der Waals surface area contributed by atoms with E-state index in [1.807, 2.05) is 23.5 Å². The third-order valence-corrected chi connectivity index (χ3v) is 6.91. The van der Waals surface area contributed by atoms with Gasteiger partial charge in [-0.15, -0.1) is 11.8 Å². The summed E-state index contributed by atoms with van der Waals surface area (Å²) in [6, 6.07) is 4.14. The second-order valence-electron chi connectivity index (χ2n) is 5.06. The zero-order chi connectivity index (χ0) is 15.0. The van der Waals surface area contributed by atoms with Gasteiger partial charge < -0.3 is 10.3 Å². The Hall–Kier alpha value is -1.21. The Kier molecular flexibility index (Phi) is 4.12. The van der Waals surface area contributed by atoms with Gasteiger partial charge in [-0.3, -0.25) is 0 Å². The van der Waals surface area contributed by atoms with Gasteiger partial charge in [0.2, 0.25) is 0 Å². The van der Waals surface area contributed by atoms with Crippen LogP contribution >= 0.6 is 23.5 Å². The molecule has 1 saturated heterocycles. The maximum Gasteiger partial charge on any atom is 0.260 e. The molecule has 1 aliphatic rings. The van der Waals surface area contributed by atoms with Crippen molar-refractivity contribution in [2.24, 2.45) is 0 Å². The smallest absolute Gasteiger partial charge is 0.260 e. The molecular weight excluding hydrogens is 309 g/mol. The van der Waals surface area contributed by atoms with Gasteiger partial charge in [-0.2, -0.15) is 16.7 Å². The van der Waals surface area contributed by atoms with Crippen molar-refractivity contribution in [2.45, 2.75) is 29.6 Å². The minimum absolute atomic E-state index is 0.202. The Morgan fingerprint density at radius 1 is 1.33 bits per heavy atom. The van der Waals surface area contributed by atoms with Gasteiger partial charge in [-0.25, -0.2) is 4.39 Å². The molecule has 0 aliphatic carbocycles. The first-order valence-corrected chi connectivity index (χ1v) is 8.70. The Morgan fingerprint density at radius 3 is 2.90 bits per heavy atom. The second-order valence-corrected chi connectivity index (χ2v) is 8.05. The number of benzene rings is 1. The van der Waals surface area contributed by atoms with Gasteiger partial charge in [-0.05, 0) is 18.2 Å². The predicted octanol–water partition coefficient (Wildman–Crippen LogP) is 3.76. The van der Waals surface area contributed by atoms with E-state index in [1.165, 1.54) is 18.2 Å². The molecule has 112 valence electrons. The van der Waals surface area contributed by atoms with Crippen molar-refractivity contribution in [1.82, 2.24) is 10.1 Å². The number of hydrogen-bond donors (Lipinski definition) is 1. The number of hydrogen-bond acceptors (Lipinski definition) is 6. The molecule has 1 aromatic carbocycles. The average Bonchev–Trinajstić information content (AvgIpc) is 2.94. The average molecular weight is 325 g/mol. The van der Waals surface area contributed by atoms with Crippen LogP contribution in [0, 0.1) is 5.82 Å². The van der Waals surface area contributed by atoms with E-state index in [0.717, 1.165) is 5.75 Å². The highest BCUT2D eigenvalue weighted by Crippen LogP contribution is 2.43. The number of rotatable bonds is 2. The molecule has 0 spiro atoms. The highest BCUT2D eigenvalue weighted by Gasteiger charge is 2.30. The number of halogens is 1. The SMILES string of the molecule is CC1SCC(c2noc(-c3cc(F)ccc3N)n2)SC1C. The number of aromatic nitrogens is 2. The quantitative estimate of drug-likeness (QED) is 0.848. The maximum atomic E-state index is 13.3. The van der Waals surface area contributed by atoms with Crippen molar-refractivity contribution in [3.8, 4) is 11.5 Å². The standard InChI is InChI=1S/C14H16FN3OS2/c1-7-8(2)21-12(6-20-7)13-17-14(19-18-13)10-5-9(15)3-4-11(10)16/h3-5,7-8,12H,6,16H2,1-2H3. The van der Waals surface area contributed by atoms with E-state index >= 15 is 0 Å². The van der Waals surface area contributed by atoms with Crippen LogP contribution in [0.2, 0.25) is 0 Å². The van der Waals surface area contributed by atoms with Gasteiger partial charge in [0.15, 0.2) is 5.82 Å². The molecule has 2 N–H and O–H groups in total. The summed E-state index contributed by atoms with van der Waals surface area (Å²) >= 11 is 3.76. The first-order valence-electron chi connectivity index (χ1n) is 6.70. The topological polar surface area (TPSA) is 64.9 Å². The first-order chi connectivity index (χ1) is 10.0. The molecule has 1 aromatic heterocycles. The van der Waals surface area contributed by atoms with E-state index in [4.69, 9.17) is 10.3 Å². The zero-order valence-corrected chi connectivity index (χ0v) is 13.4. The zero-order valence-electron chi connectivity index (χ0n) is 11.7. The molecule has 0 radical (unpaired) electrons. The summed E-state index contributed by atoms with van der Waals surface area (Å²) in [6.07, 6.45) is 0. The minimum atomic E-state index is -0.371. The molecule has 0 saturated carbocycles. The third kappa shape index (κ3) is 3.03. The summed E-state index contributed by atoms with van der Waals surface area (Å²) in [4.78, 5) is 4.41. The molecule has 7 heteroatoms. The molecule has 0 amide bonds. The number of nitrogens with zero attached hydrogens (tertiary/aromatic N) is 2. The Balaban J connectivity index is 1.85. The summed E-state index contributed by atoms with van der Waals surface area (Å²) in [7, 11) is 0. The Morgan fingerprint density at radius 2 is 2.14 bits per heavy atom. The van der Waals surface area contributed by atoms with Crippen LogP contribution in [0.4, 0.5) is 10.1 Å². The van der Waals surface area contributed by atoms with Crippen LogP contribution in [0.1, 0.15) is 24.9 Å². The summed E-state index contributed by atoms with van der Waals surface area (Å²) in [5.41, 5.74) is 6.72. The van der Waals surface area contributed by atoms with E-state index in [0.29, 0.717) is 27.6 Å². The van der Waals surface area contributed by atoms with Crippen LogP contribution < -0.4 is 5.73 Å². The molecule has 3 atom stereocenters. The number of nitrogen functional groups attached to an aromatic ring is 1. The van der Waals surface area contributed by atoms with Crippen molar-refractivity contribution in [3.63, 3.8) is 0 Å². The van der Waals surface area contributed by atoms with E-state index in [-0.39, 0.29) is 17.0 Å². The third-order valence-electron chi connectivity index (χ3n) is 3.53. The molecule has 3 unspecified atom stereocenters. The van der Waals surface area contributed by atoms with Gasteiger partial charge in [0.05, 0.1) is 10.8 Å². The summed E-state index contributed by atoms with van der Waals surface area (Å²) in [5.74, 6) is 1.51. The Labute approximate surface area is 131 Å². The van der Waals surface area contributed by atoms with Crippen molar-refractivity contribution >= 4 is 29.2 Å². The fourth-order valence-corrected chi connectivity index (χ4v) is 4.94. The van der Waals surface area contributed by atoms with E-state index in [1.54, 1.807) is 0 Å². The number of nitrogens with two attached hydrogens (primary N) is 1. The van der Waals surface area contributed by atoms with Crippen LogP contribution in [0.3, 0.4) is 0 Å². The summed E-state index contributed by atoms with van der Waals surface area (Å²) in [5, 5.41) is 5.41. The summed E-state index contributed by atoms with van der Waals surface area (Å²) in [6.45, 7) is 4.44. The molecule has 0 bridgehead atoms. The monoisotopic (exact) mass is 325 g/mol. The molecule has 1 aliphatic heterocycles. The maximum absolute atomic E-state index is 13.3. The van der Waals surface area contributed by atoms with Crippen molar-refractivity contribution < 1.29 is 8.91 Å². The fourth-order valence-electron chi connectivity index (χ4n) is 2.11. The largest absolute Gasteiger partial charge is 0.398 e. The highest BCUT2D eigenvalue weighted by atomic mass is 32.2. The minimum Gasteiger partial charge on any atom is -0.398 e. The number of thioether (sulfide) groups is 2. The lowest BCUT2D eigenvalue weighted by Gasteiger charge is -2.29. The lowest BCUT2D eigenvalue weighted by atomic mass is 10.2. The molecule has 2 heterocycles. The molecule has 3 rings (SSSR count). The van der Waals surface area contributed by atoms with E-state index < -0.39 is 0 Å². The molecule has 21 heavy (non-hydrogen) atoms. The second kappa shape index (κ2) is 5.88.